The number of hydrogen-bond acceptors (Lipinski definition) is 3. The van der Waals surface area contributed by atoms with Crippen molar-refractivity contribution < 1.29 is 9.59 Å². The molecule has 154 valence electrons. The number of hydrogen-bond donors (Lipinski definition) is 1. The molecule has 1 aromatic heterocycles. The molecule has 2 amide bonds. The van der Waals surface area contributed by atoms with Crippen LogP contribution in [0.25, 0.3) is 0 Å². The number of piperidine rings is 1. The van der Waals surface area contributed by atoms with E-state index in [2.05, 4.69) is 34.6 Å². The monoisotopic (exact) mass is 402 g/mol. The minimum atomic E-state index is -0.0861. The van der Waals surface area contributed by atoms with E-state index in [4.69, 9.17) is 0 Å². The summed E-state index contributed by atoms with van der Waals surface area (Å²) in [5.74, 6) is 0.448. The lowest BCUT2D eigenvalue weighted by Crippen LogP contribution is -2.37. The van der Waals surface area contributed by atoms with Gasteiger partial charge in [-0.15, -0.1) is 0 Å². The minimum absolute atomic E-state index is 0.0241. The lowest BCUT2D eigenvalue weighted by Gasteiger charge is -2.32. The molecule has 0 saturated carbocycles. The van der Waals surface area contributed by atoms with E-state index < -0.39 is 0 Å². The Bertz CT molecular complexity index is 977. The molecule has 1 N–H and O–H groups in total. The number of carbonyl (C=O) groups is 2. The molecule has 0 spiro atoms. The van der Waals surface area contributed by atoms with Gasteiger partial charge in [0.25, 0.3) is 5.91 Å². The number of benzene rings is 2. The van der Waals surface area contributed by atoms with E-state index in [1.165, 1.54) is 5.56 Å². The van der Waals surface area contributed by atoms with Gasteiger partial charge in [-0.25, -0.2) is 4.98 Å². The zero-order chi connectivity index (χ0) is 20.8. The molecule has 0 unspecified atom stereocenters. The smallest absolute Gasteiger partial charge is 0.253 e. The Hall–Kier alpha value is -3.41. The fraction of sp³-hybridized carbons (Fsp3) is 0.292. The van der Waals surface area contributed by atoms with Crippen molar-refractivity contribution in [3.8, 4) is 0 Å². The fourth-order valence-electron chi connectivity index (χ4n) is 3.93. The molecule has 0 bridgehead atoms. The van der Waals surface area contributed by atoms with Crippen molar-refractivity contribution in [3.05, 3.63) is 84.4 Å². The molecule has 30 heavy (non-hydrogen) atoms. The second-order valence-electron chi connectivity index (χ2n) is 7.66. The standard InChI is InChI=1S/C24H26N4O2/c29-23(11-13-27-16-12-25-18-27)26-22-8-4-7-21(17-22)24(30)28-14-9-20(10-15-28)19-5-2-1-3-6-19/h1-8,12,16-18,20H,9-11,13-15H2,(H,26,29). The molecule has 0 aliphatic carbocycles. The summed E-state index contributed by atoms with van der Waals surface area (Å²) < 4.78 is 1.86. The zero-order valence-electron chi connectivity index (χ0n) is 16.9. The largest absolute Gasteiger partial charge is 0.339 e. The van der Waals surface area contributed by atoms with Crippen LogP contribution in [0.3, 0.4) is 0 Å². The van der Waals surface area contributed by atoms with E-state index >= 15 is 0 Å². The summed E-state index contributed by atoms with van der Waals surface area (Å²) >= 11 is 0. The van der Waals surface area contributed by atoms with Gasteiger partial charge in [0.05, 0.1) is 6.33 Å². The van der Waals surface area contributed by atoms with Crippen molar-refractivity contribution in [2.75, 3.05) is 18.4 Å². The number of rotatable bonds is 6. The Balaban J connectivity index is 1.32. The second kappa shape index (κ2) is 9.39. The van der Waals surface area contributed by atoms with Crippen LogP contribution in [0, 0.1) is 0 Å². The van der Waals surface area contributed by atoms with Crippen molar-refractivity contribution in [1.82, 2.24) is 14.5 Å². The maximum absolute atomic E-state index is 13.0. The topological polar surface area (TPSA) is 67.2 Å². The van der Waals surface area contributed by atoms with Crippen molar-refractivity contribution in [2.45, 2.75) is 31.7 Å². The van der Waals surface area contributed by atoms with E-state index in [1.54, 1.807) is 18.6 Å². The predicted octanol–water partition coefficient (Wildman–Crippen LogP) is 3.93. The van der Waals surface area contributed by atoms with Crippen molar-refractivity contribution in [3.63, 3.8) is 0 Å². The summed E-state index contributed by atoms with van der Waals surface area (Å²) in [7, 11) is 0. The SMILES string of the molecule is O=C(CCn1ccnc1)Nc1cccc(C(=O)N2CCC(c3ccccc3)CC2)c1. The Kier molecular flexibility index (Phi) is 6.23. The number of nitrogens with one attached hydrogen (secondary N) is 1. The third kappa shape index (κ3) is 4.95. The van der Waals surface area contributed by atoms with Crippen LogP contribution in [0.15, 0.2) is 73.3 Å². The molecular formula is C24H26N4O2. The Morgan fingerprint density at radius 1 is 1.03 bits per heavy atom. The quantitative estimate of drug-likeness (QED) is 0.679. The maximum atomic E-state index is 13.0. The molecule has 2 aromatic carbocycles. The van der Waals surface area contributed by atoms with E-state index in [1.807, 2.05) is 39.9 Å². The normalized spacial score (nSPS) is 14.5. The van der Waals surface area contributed by atoms with Gasteiger partial charge in [0.1, 0.15) is 0 Å². The summed E-state index contributed by atoms with van der Waals surface area (Å²) in [6.45, 7) is 2.07. The third-order valence-corrected chi connectivity index (χ3v) is 5.60. The lowest BCUT2D eigenvalue weighted by atomic mass is 9.89. The highest BCUT2D eigenvalue weighted by Gasteiger charge is 2.24. The van der Waals surface area contributed by atoms with Crippen LogP contribution in [0.1, 0.15) is 41.1 Å². The summed E-state index contributed by atoms with van der Waals surface area (Å²) in [6, 6.07) is 17.7. The Morgan fingerprint density at radius 3 is 2.57 bits per heavy atom. The molecule has 1 saturated heterocycles. The first kappa shape index (κ1) is 19.9. The number of aryl methyl sites for hydroxylation is 1. The van der Waals surface area contributed by atoms with Crippen LogP contribution in [0.5, 0.6) is 0 Å². The van der Waals surface area contributed by atoms with E-state index in [9.17, 15) is 9.59 Å². The molecule has 1 aliphatic heterocycles. The number of nitrogens with zero attached hydrogens (tertiary/aromatic N) is 3. The molecule has 3 aromatic rings. The predicted molar refractivity (Wildman–Crippen MR) is 116 cm³/mol. The van der Waals surface area contributed by atoms with Gasteiger partial charge in [-0.05, 0) is 42.5 Å². The highest BCUT2D eigenvalue weighted by atomic mass is 16.2. The number of anilines is 1. The van der Waals surface area contributed by atoms with Crippen LogP contribution in [-0.2, 0) is 11.3 Å². The van der Waals surface area contributed by atoms with Crippen molar-refractivity contribution in [2.24, 2.45) is 0 Å². The van der Waals surface area contributed by atoms with Crippen LogP contribution in [0.4, 0.5) is 5.69 Å². The lowest BCUT2D eigenvalue weighted by molar-refractivity contribution is -0.116. The fourth-order valence-corrected chi connectivity index (χ4v) is 3.93. The van der Waals surface area contributed by atoms with Crippen molar-refractivity contribution >= 4 is 17.5 Å². The summed E-state index contributed by atoms with van der Waals surface area (Å²) in [6.07, 6.45) is 7.50. The van der Waals surface area contributed by atoms with Crippen LogP contribution in [-0.4, -0.2) is 39.4 Å². The highest BCUT2D eigenvalue weighted by molar-refractivity contribution is 5.97. The third-order valence-electron chi connectivity index (χ3n) is 5.60. The molecule has 6 nitrogen and oxygen atoms in total. The van der Waals surface area contributed by atoms with E-state index in [0.717, 1.165) is 25.9 Å². The Morgan fingerprint density at radius 2 is 1.83 bits per heavy atom. The van der Waals surface area contributed by atoms with Crippen LogP contribution < -0.4 is 5.32 Å². The van der Waals surface area contributed by atoms with E-state index in [-0.39, 0.29) is 11.8 Å². The molecule has 6 heteroatoms. The molecule has 1 aliphatic rings. The average Bonchev–Trinajstić information content (AvgIpc) is 3.32. The first-order chi connectivity index (χ1) is 14.7. The van der Waals surface area contributed by atoms with Gasteiger partial charge in [0.15, 0.2) is 0 Å². The second-order valence-corrected chi connectivity index (χ2v) is 7.66. The molecular weight excluding hydrogens is 376 g/mol. The number of imidazole rings is 1. The molecule has 4 rings (SSSR count). The minimum Gasteiger partial charge on any atom is -0.339 e. The van der Waals surface area contributed by atoms with Crippen molar-refractivity contribution in [1.29, 1.82) is 0 Å². The Labute approximate surface area is 176 Å². The van der Waals surface area contributed by atoms with Gasteiger partial charge in [-0.1, -0.05) is 36.4 Å². The van der Waals surface area contributed by atoms with Gasteiger partial charge in [0.2, 0.25) is 5.91 Å². The summed E-state index contributed by atoms with van der Waals surface area (Å²) in [5, 5.41) is 2.89. The molecule has 0 radical (unpaired) electrons. The van der Waals surface area contributed by atoms with Gasteiger partial charge in [-0.3, -0.25) is 9.59 Å². The van der Waals surface area contributed by atoms with Gasteiger partial charge >= 0.3 is 0 Å². The number of carbonyl (C=O) groups excluding carboxylic acids is 2. The van der Waals surface area contributed by atoms with Crippen LogP contribution in [0.2, 0.25) is 0 Å². The van der Waals surface area contributed by atoms with Crippen LogP contribution >= 0.6 is 0 Å². The summed E-state index contributed by atoms with van der Waals surface area (Å²) in [5.41, 5.74) is 2.61. The first-order valence-corrected chi connectivity index (χ1v) is 10.4. The molecule has 1 fully saturated rings. The zero-order valence-corrected chi connectivity index (χ0v) is 16.9. The van der Waals surface area contributed by atoms with Gasteiger partial charge in [-0.2, -0.15) is 0 Å². The maximum Gasteiger partial charge on any atom is 0.253 e. The first-order valence-electron chi connectivity index (χ1n) is 10.4. The number of aromatic nitrogens is 2. The molecule has 2 heterocycles. The molecule has 0 atom stereocenters. The van der Waals surface area contributed by atoms with E-state index in [0.29, 0.717) is 30.1 Å². The number of amides is 2. The van der Waals surface area contributed by atoms with Gasteiger partial charge in [0, 0.05) is 49.7 Å². The number of likely N-dealkylation sites (tertiary alicyclic amines) is 1. The summed E-state index contributed by atoms with van der Waals surface area (Å²) in [4.78, 5) is 31.1. The average molecular weight is 402 g/mol. The highest BCUT2D eigenvalue weighted by Crippen LogP contribution is 2.28. The van der Waals surface area contributed by atoms with Gasteiger partial charge < -0.3 is 14.8 Å².